The van der Waals surface area contributed by atoms with Crippen LogP contribution in [0.1, 0.15) is 57.7 Å². The second-order valence-corrected chi connectivity index (χ2v) is 5.89. The second kappa shape index (κ2) is 5.47. The molecule has 0 amide bonds. The molecule has 0 saturated carbocycles. The predicted octanol–water partition coefficient (Wildman–Crippen LogP) is 3.78. The van der Waals surface area contributed by atoms with E-state index in [1.165, 1.54) is 25.7 Å². The molecule has 1 unspecified atom stereocenters. The summed E-state index contributed by atoms with van der Waals surface area (Å²) in [5, 5.41) is 7.84. The maximum Gasteiger partial charge on any atom is 0.318 e. The largest absolute Gasteiger partial charge is 0.406 e. The van der Waals surface area contributed by atoms with Crippen LogP contribution in [0.4, 0.5) is 6.01 Å². The van der Waals surface area contributed by atoms with Gasteiger partial charge in [0.2, 0.25) is 5.89 Å². The highest BCUT2D eigenvalue weighted by atomic mass is 35.5. The van der Waals surface area contributed by atoms with Crippen LogP contribution in [0, 0.1) is 5.41 Å². The number of hydrogen-bond acceptors (Lipinski definition) is 4. The topological polar surface area (TPSA) is 42.2 Å². The molecule has 1 aromatic rings. The van der Waals surface area contributed by atoms with E-state index < -0.39 is 0 Å². The van der Waals surface area contributed by atoms with E-state index in [2.05, 4.69) is 28.9 Å². The Hall–Kier alpha value is -0.770. The first-order chi connectivity index (χ1) is 8.60. The number of anilines is 1. The Morgan fingerprint density at radius 2 is 1.89 bits per heavy atom. The van der Waals surface area contributed by atoms with Gasteiger partial charge in [0, 0.05) is 13.1 Å². The molecule has 0 N–H and O–H groups in total. The van der Waals surface area contributed by atoms with Crippen molar-refractivity contribution >= 4 is 17.6 Å². The molecule has 0 aliphatic carbocycles. The molecule has 0 spiro atoms. The van der Waals surface area contributed by atoms with E-state index >= 15 is 0 Å². The van der Waals surface area contributed by atoms with Crippen LogP contribution in [0.25, 0.3) is 0 Å². The smallest absolute Gasteiger partial charge is 0.318 e. The van der Waals surface area contributed by atoms with Crippen LogP contribution in [0.2, 0.25) is 0 Å². The van der Waals surface area contributed by atoms with Gasteiger partial charge >= 0.3 is 6.01 Å². The quantitative estimate of drug-likeness (QED) is 0.782. The summed E-state index contributed by atoms with van der Waals surface area (Å²) in [5.74, 6) is 0.509. The van der Waals surface area contributed by atoms with Gasteiger partial charge in [-0.25, -0.2) is 0 Å². The number of halogens is 1. The van der Waals surface area contributed by atoms with Crippen LogP contribution in [-0.4, -0.2) is 23.3 Å². The Morgan fingerprint density at radius 3 is 2.33 bits per heavy atom. The molecule has 1 aliphatic heterocycles. The summed E-state index contributed by atoms with van der Waals surface area (Å²) in [7, 11) is 0. The van der Waals surface area contributed by atoms with Crippen molar-refractivity contribution in [3.63, 3.8) is 0 Å². The van der Waals surface area contributed by atoms with Crippen LogP contribution in [0.15, 0.2) is 4.42 Å². The van der Waals surface area contributed by atoms with Crippen molar-refractivity contribution in [2.24, 2.45) is 5.41 Å². The van der Waals surface area contributed by atoms with Crippen molar-refractivity contribution in [2.75, 3.05) is 18.0 Å². The lowest BCUT2D eigenvalue weighted by molar-refractivity contribution is 0.196. The SMILES string of the molecule is CCC1(CC)CCN(c2nnc(C(C)Cl)o2)CC1. The molecule has 1 aromatic heterocycles. The molecule has 4 nitrogen and oxygen atoms in total. The molecule has 18 heavy (non-hydrogen) atoms. The van der Waals surface area contributed by atoms with Crippen molar-refractivity contribution in [1.82, 2.24) is 10.2 Å². The van der Waals surface area contributed by atoms with E-state index in [0.717, 1.165) is 13.1 Å². The van der Waals surface area contributed by atoms with E-state index in [0.29, 0.717) is 17.3 Å². The summed E-state index contributed by atoms with van der Waals surface area (Å²) in [6, 6.07) is 0.623. The summed E-state index contributed by atoms with van der Waals surface area (Å²) in [5.41, 5.74) is 0.513. The van der Waals surface area contributed by atoms with E-state index in [4.69, 9.17) is 16.0 Å². The molecule has 0 aromatic carbocycles. The Balaban J connectivity index is 2.00. The lowest BCUT2D eigenvalue weighted by Crippen LogP contribution is -2.39. The predicted molar refractivity (Wildman–Crippen MR) is 73.0 cm³/mol. The molecule has 5 heteroatoms. The third kappa shape index (κ3) is 2.63. The maximum absolute atomic E-state index is 5.93. The van der Waals surface area contributed by atoms with Gasteiger partial charge in [-0.3, -0.25) is 0 Å². The summed E-state index contributed by atoms with van der Waals surface area (Å²) in [6.45, 7) is 8.42. The minimum atomic E-state index is -0.221. The first-order valence-corrected chi connectivity index (χ1v) is 7.26. The van der Waals surface area contributed by atoms with Crippen LogP contribution in [0.3, 0.4) is 0 Å². The molecule has 2 rings (SSSR count). The van der Waals surface area contributed by atoms with E-state index in [-0.39, 0.29) is 5.38 Å². The van der Waals surface area contributed by atoms with Crippen LogP contribution in [0.5, 0.6) is 0 Å². The van der Waals surface area contributed by atoms with Gasteiger partial charge in [-0.05, 0) is 25.2 Å². The summed E-state index contributed by atoms with van der Waals surface area (Å²) >= 11 is 5.93. The standard InChI is InChI=1S/C13H22ClN3O/c1-4-13(5-2)6-8-17(9-7-13)12-16-15-11(18-12)10(3)14/h10H,4-9H2,1-3H3. The zero-order valence-corrected chi connectivity index (χ0v) is 12.2. The molecular formula is C13H22ClN3O. The lowest BCUT2D eigenvalue weighted by atomic mass is 9.74. The molecule has 1 fully saturated rings. The van der Waals surface area contributed by atoms with Crippen LogP contribution in [-0.2, 0) is 0 Å². The summed E-state index contributed by atoms with van der Waals surface area (Å²) in [6.07, 6.45) is 4.92. The third-order valence-electron chi connectivity index (χ3n) is 4.36. The van der Waals surface area contributed by atoms with E-state index in [1.807, 2.05) is 6.92 Å². The molecule has 1 saturated heterocycles. The Bertz CT molecular complexity index is 377. The number of alkyl halides is 1. The molecule has 1 atom stereocenters. The maximum atomic E-state index is 5.93. The fourth-order valence-electron chi connectivity index (χ4n) is 2.64. The van der Waals surface area contributed by atoms with Crippen molar-refractivity contribution in [1.29, 1.82) is 0 Å². The molecular weight excluding hydrogens is 250 g/mol. The highest BCUT2D eigenvalue weighted by molar-refractivity contribution is 6.20. The first kappa shape index (κ1) is 13.7. The molecule has 0 radical (unpaired) electrons. The van der Waals surface area contributed by atoms with Gasteiger partial charge in [-0.1, -0.05) is 31.8 Å². The fraction of sp³-hybridized carbons (Fsp3) is 0.846. The average molecular weight is 272 g/mol. The van der Waals surface area contributed by atoms with Crippen LogP contribution < -0.4 is 4.90 Å². The zero-order chi connectivity index (χ0) is 13.2. The van der Waals surface area contributed by atoms with Gasteiger partial charge in [0.25, 0.3) is 0 Å². The highest BCUT2D eigenvalue weighted by Crippen LogP contribution is 2.39. The number of piperidine rings is 1. The van der Waals surface area contributed by atoms with Gasteiger partial charge in [-0.15, -0.1) is 16.7 Å². The number of aromatic nitrogens is 2. The number of nitrogens with zero attached hydrogens (tertiary/aromatic N) is 3. The van der Waals surface area contributed by atoms with Gasteiger partial charge in [0.15, 0.2) is 0 Å². The number of hydrogen-bond donors (Lipinski definition) is 0. The van der Waals surface area contributed by atoms with Crippen LogP contribution >= 0.6 is 11.6 Å². The monoisotopic (exact) mass is 271 g/mol. The Labute approximate surface area is 114 Å². The summed E-state index contributed by atoms with van der Waals surface area (Å²) in [4.78, 5) is 2.18. The van der Waals surface area contributed by atoms with Gasteiger partial charge in [-0.2, -0.15) is 0 Å². The third-order valence-corrected chi connectivity index (χ3v) is 4.55. The Morgan fingerprint density at radius 1 is 1.28 bits per heavy atom. The Kier molecular flexibility index (Phi) is 4.15. The average Bonchev–Trinajstić information content (AvgIpc) is 2.88. The zero-order valence-electron chi connectivity index (χ0n) is 11.4. The molecule has 2 heterocycles. The van der Waals surface area contributed by atoms with Crippen molar-refractivity contribution < 1.29 is 4.42 Å². The molecule has 0 bridgehead atoms. The van der Waals surface area contributed by atoms with Gasteiger partial charge in [0.05, 0.1) is 0 Å². The molecule has 1 aliphatic rings. The summed E-state index contributed by atoms with van der Waals surface area (Å²) < 4.78 is 5.59. The van der Waals surface area contributed by atoms with Gasteiger partial charge < -0.3 is 9.32 Å². The fourth-order valence-corrected chi connectivity index (χ4v) is 2.73. The second-order valence-electron chi connectivity index (χ2n) is 5.23. The normalized spacial score (nSPS) is 21.0. The minimum Gasteiger partial charge on any atom is -0.406 e. The van der Waals surface area contributed by atoms with E-state index in [9.17, 15) is 0 Å². The number of rotatable bonds is 4. The first-order valence-electron chi connectivity index (χ1n) is 6.82. The lowest BCUT2D eigenvalue weighted by Gasteiger charge is -2.40. The van der Waals surface area contributed by atoms with Crippen molar-refractivity contribution in [3.8, 4) is 0 Å². The van der Waals surface area contributed by atoms with Gasteiger partial charge in [0.1, 0.15) is 5.38 Å². The highest BCUT2D eigenvalue weighted by Gasteiger charge is 2.32. The minimum absolute atomic E-state index is 0.221. The van der Waals surface area contributed by atoms with E-state index in [1.54, 1.807) is 0 Å². The molecule has 102 valence electrons. The van der Waals surface area contributed by atoms with Crippen molar-refractivity contribution in [3.05, 3.63) is 5.89 Å². The van der Waals surface area contributed by atoms with Crippen molar-refractivity contribution in [2.45, 2.75) is 51.8 Å².